The summed E-state index contributed by atoms with van der Waals surface area (Å²) >= 11 is 12.5. The summed E-state index contributed by atoms with van der Waals surface area (Å²) in [4.78, 5) is 30.0. The molecule has 0 N–H and O–H groups in total. The molecule has 0 bridgehead atoms. The van der Waals surface area contributed by atoms with E-state index in [1.807, 2.05) is 31.3 Å². The van der Waals surface area contributed by atoms with E-state index < -0.39 is 5.92 Å². The van der Waals surface area contributed by atoms with Gasteiger partial charge in [0.05, 0.1) is 7.11 Å². The third-order valence-corrected chi connectivity index (χ3v) is 9.23. The van der Waals surface area contributed by atoms with Gasteiger partial charge in [0.25, 0.3) is 0 Å². The molecule has 0 radical (unpaired) electrons. The zero-order valence-corrected chi connectivity index (χ0v) is 26.8. The Balaban J connectivity index is 1.67. The summed E-state index contributed by atoms with van der Waals surface area (Å²) in [7, 11) is 3.62. The first-order valence-electron chi connectivity index (χ1n) is 14.4. The van der Waals surface area contributed by atoms with E-state index in [2.05, 4.69) is 39.2 Å². The van der Waals surface area contributed by atoms with E-state index in [1.54, 1.807) is 19.2 Å². The molecule has 222 valence electrons. The van der Waals surface area contributed by atoms with Crippen LogP contribution in [-0.2, 0) is 22.6 Å². The number of allylic oxidation sites excluding steroid dienone is 5. The summed E-state index contributed by atoms with van der Waals surface area (Å²) in [6.45, 7) is 12.7. The van der Waals surface area contributed by atoms with E-state index >= 15 is 0 Å². The second-order valence-electron chi connectivity index (χ2n) is 13.3. The normalized spacial score (nSPS) is 20.0. The third-order valence-electron chi connectivity index (χ3n) is 8.64. The molecule has 42 heavy (non-hydrogen) atoms. The van der Waals surface area contributed by atoms with Crippen molar-refractivity contribution < 1.29 is 19.1 Å². The first-order valence-corrected chi connectivity index (χ1v) is 15.2. The molecule has 1 aliphatic heterocycles. The molecule has 0 spiro atoms. The van der Waals surface area contributed by atoms with E-state index in [4.69, 9.17) is 32.7 Å². The maximum atomic E-state index is 13.9. The molecule has 0 saturated carbocycles. The van der Waals surface area contributed by atoms with Gasteiger partial charge in [-0.05, 0) is 53.9 Å². The van der Waals surface area contributed by atoms with Crippen LogP contribution in [0.2, 0.25) is 10.0 Å². The number of rotatable bonds is 7. The maximum absolute atomic E-state index is 13.9. The number of halogens is 2. The highest BCUT2D eigenvalue weighted by Crippen LogP contribution is 2.54. The summed E-state index contributed by atoms with van der Waals surface area (Å²) in [6.07, 6.45) is 4.75. The Hall–Kier alpha value is -3.02. The van der Waals surface area contributed by atoms with Crippen molar-refractivity contribution in [2.45, 2.75) is 72.3 Å². The average molecular weight is 609 g/mol. The van der Waals surface area contributed by atoms with Crippen molar-refractivity contribution in [3.8, 4) is 11.5 Å². The number of ketones is 2. The fourth-order valence-electron chi connectivity index (χ4n) is 6.76. The summed E-state index contributed by atoms with van der Waals surface area (Å²) in [5, 5.41) is 1.07. The number of Topliss-reactive ketones (excluding diaryl/α,β-unsaturated/α-hetero) is 2. The van der Waals surface area contributed by atoms with Crippen LogP contribution < -0.4 is 9.47 Å². The van der Waals surface area contributed by atoms with Gasteiger partial charge in [0.2, 0.25) is 0 Å². The minimum Gasteiger partial charge on any atom is -0.493 e. The molecule has 7 heteroatoms. The quantitative estimate of drug-likeness (QED) is 0.295. The molecule has 2 aromatic carbocycles. The van der Waals surface area contributed by atoms with E-state index in [0.717, 1.165) is 52.1 Å². The fraction of sp³-hybridized carbons (Fsp3) is 0.429. The third kappa shape index (κ3) is 5.66. The highest BCUT2D eigenvalue weighted by atomic mass is 35.5. The van der Waals surface area contributed by atoms with Gasteiger partial charge in [-0.3, -0.25) is 9.59 Å². The van der Waals surface area contributed by atoms with Gasteiger partial charge in [0.15, 0.2) is 23.1 Å². The average Bonchev–Trinajstić information content (AvgIpc) is 2.88. The van der Waals surface area contributed by atoms with E-state index in [0.29, 0.717) is 40.8 Å². The van der Waals surface area contributed by atoms with Crippen LogP contribution in [0.25, 0.3) is 0 Å². The monoisotopic (exact) mass is 607 g/mol. The Morgan fingerprint density at radius 1 is 0.929 bits per heavy atom. The second-order valence-corrected chi connectivity index (χ2v) is 14.2. The number of hydrogen-bond donors (Lipinski definition) is 0. The van der Waals surface area contributed by atoms with Crippen LogP contribution in [-0.4, -0.2) is 30.6 Å². The largest absolute Gasteiger partial charge is 0.493 e. The summed E-state index contributed by atoms with van der Waals surface area (Å²) in [5.74, 6) is 0.852. The maximum Gasteiger partial charge on any atom is 0.165 e. The zero-order valence-electron chi connectivity index (χ0n) is 25.3. The molecule has 0 amide bonds. The van der Waals surface area contributed by atoms with Crippen molar-refractivity contribution >= 4 is 34.8 Å². The molecule has 2 aromatic rings. The number of carbonyl (C=O) groups is 2. The Morgan fingerprint density at radius 3 is 2.05 bits per heavy atom. The lowest BCUT2D eigenvalue weighted by molar-refractivity contribution is -0.119. The van der Waals surface area contributed by atoms with E-state index in [-0.39, 0.29) is 29.0 Å². The Kier molecular flexibility index (Phi) is 8.15. The molecule has 0 fully saturated rings. The molecular formula is C35H39Cl2NO4. The van der Waals surface area contributed by atoms with E-state index in [9.17, 15) is 9.59 Å². The molecule has 0 unspecified atom stereocenters. The molecule has 0 aromatic heterocycles. The fourth-order valence-corrected chi connectivity index (χ4v) is 7.22. The van der Waals surface area contributed by atoms with Crippen molar-refractivity contribution in [3.05, 3.63) is 92.3 Å². The van der Waals surface area contributed by atoms with Crippen molar-refractivity contribution in [2.75, 3.05) is 14.2 Å². The first-order chi connectivity index (χ1) is 19.7. The SMILES string of the molecule is C=CCc1cc(C2C3=C(CC(C)(C)CC3=O)N(C)C3=C2C(=O)CC(C)(C)C3)cc(OC)c1OCc1ccc(Cl)cc1Cl. The lowest BCUT2D eigenvalue weighted by Gasteiger charge is -2.48. The smallest absolute Gasteiger partial charge is 0.165 e. The molecule has 5 nitrogen and oxygen atoms in total. The van der Waals surface area contributed by atoms with Gasteiger partial charge in [-0.2, -0.15) is 0 Å². The number of ether oxygens (including phenoxy) is 2. The Labute approximate surface area is 259 Å². The molecule has 0 saturated heterocycles. The van der Waals surface area contributed by atoms with Crippen LogP contribution in [0.15, 0.2) is 65.5 Å². The summed E-state index contributed by atoms with van der Waals surface area (Å²) in [6, 6.07) is 9.28. The van der Waals surface area contributed by atoms with Gasteiger partial charge >= 0.3 is 0 Å². The predicted molar refractivity (Wildman–Crippen MR) is 168 cm³/mol. The minimum atomic E-state index is -0.462. The molecule has 5 rings (SSSR count). The number of methoxy groups -OCH3 is 1. The van der Waals surface area contributed by atoms with Crippen molar-refractivity contribution in [1.29, 1.82) is 0 Å². The molecule has 0 atom stereocenters. The van der Waals surface area contributed by atoms with Gasteiger partial charge in [-0.15, -0.1) is 6.58 Å². The molecule has 1 heterocycles. The highest BCUT2D eigenvalue weighted by Gasteiger charge is 2.48. The van der Waals surface area contributed by atoms with Crippen molar-refractivity contribution in [3.63, 3.8) is 0 Å². The van der Waals surface area contributed by atoms with Crippen LogP contribution in [0.4, 0.5) is 0 Å². The van der Waals surface area contributed by atoms with Crippen LogP contribution in [0, 0.1) is 10.8 Å². The van der Waals surface area contributed by atoms with E-state index in [1.165, 1.54) is 0 Å². The van der Waals surface area contributed by atoms with Crippen LogP contribution >= 0.6 is 23.2 Å². The number of nitrogens with zero attached hydrogens (tertiary/aromatic N) is 1. The van der Waals surface area contributed by atoms with Gasteiger partial charge in [0.1, 0.15) is 6.61 Å². The van der Waals surface area contributed by atoms with Gasteiger partial charge in [-0.1, -0.05) is 69.1 Å². The number of carbonyl (C=O) groups excluding carboxylic acids is 2. The number of benzene rings is 2. The van der Waals surface area contributed by atoms with Crippen LogP contribution in [0.3, 0.4) is 0 Å². The summed E-state index contributed by atoms with van der Waals surface area (Å²) in [5.41, 5.74) is 5.70. The minimum absolute atomic E-state index is 0.101. The van der Waals surface area contributed by atoms with Crippen LogP contribution in [0.1, 0.15) is 76.0 Å². The van der Waals surface area contributed by atoms with Crippen LogP contribution in [0.5, 0.6) is 11.5 Å². The zero-order chi connectivity index (χ0) is 30.6. The van der Waals surface area contributed by atoms with Gasteiger partial charge < -0.3 is 14.4 Å². The topological polar surface area (TPSA) is 55.8 Å². The summed E-state index contributed by atoms with van der Waals surface area (Å²) < 4.78 is 12.2. The molecule has 2 aliphatic carbocycles. The van der Waals surface area contributed by atoms with Gasteiger partial charge in [-0.25, -0.2) is 0 Å². The van der Waals surface area contributed by atoms with Gasteiger partial charge in [0, 0.05) is 69.5 Å². The standard InChI is InChI=1S/C35H39Cl2NO4/c1-8-9-20-12-22(13-29(41-7)33(20)42-19-21-10-11-23(36)14-24(21)37)30-31-25(15-34(2,3)17-27(31)39)38(6)26-16-35(4,5)18-28(40)32(26)30/h8,10-14,30H,1,9,15-19H2,2-7H3. The Bertz CT molecular complexity index is 1490. The predicted octanol–water partition coefficient (Wildman–Crippen LogP) is 8.62. The number of hydrogen-bond acceptors (Lipinski definition) is 5. The second kappa shape index (κ2) is 11.2. The lowest BCUT2D eigenvalue weighted by Crippen LogP contribution is -2.43. The van der Waals surface area contributed by atoms with Crippen molar-refractivity contribution in [2.24, 2.45) is 10.8 Å². The Morgan fingerprint density at radius 2 is 1.52 bits per heavy atom. The highest BCUT2D eigenvalue weighted by molar-refractivity contribution is 6.35. The lowest BCUT2D eigenvalue weighted by atomic mass is 9.63. The van der Waals surface area contributed by atoms with Crippen molar-refractivity contribution in [1.82, 2.24) is 4.90 Å². The first kappa shape index (κ1) is 30.4. The molecule has 3 aliphatic rings. The molecular weight excluding hydrogens is 569 g/mol.